The lowest BCUT2D eigenvalue weighted by Gasteiger charge is -2.50. The summed E-state index contributed by atoms with van der Waals surface area (Å²) in [5, 5.41) is 0. The van der Waals surface area contributed by atoms with E-state index in [-0.39, 0.29) is 0 Å². The summed E-state index contributed by atoms with van der Waals surface area (Å²) in [5.74, 6) is 0. The lowest BCUT2D eigenvalue weighted by Crippen LogP contribution is -2.62. The first kappa shape index (κ1) is 10.0. The van der Waals surface area contributed by atoms with Crippen molar-refractivity contribution in [2.75, 3.05) is 26.7 Å². The van der Waals surface area contributed by atoms with E-state index in [1.807, 2.05) is 13.8 Å². The number of hydrogen-bond acceptors (Lipinski definition) is 2. The molecular formula is C10H21NO. The van der Waals surface area contributed by atoms with Crippen LogP contribution in [0.5, 0.6) is 0 Å². The van der Waals surface area contributed by atoms with Crippen LogP contribution in [0.25, 0.3) is 0 Å². The zero-order valence-corrected chi connectivity index (χ0v) is 8.60. The minimum Gasteiger partial charge on any atom is -0.372 e. The van der Waals surface area contributed by atoms with E-state index < -0.39 is 0 Å². The second-order valence-corrected chi connectivity index (χ2v) is 3.66. The zero-order valence-electron chi connectivity index (χ0n) is 8.60. The first-order valence-corrected chi connectivity index (χ1v) is 5.13. The van der Waals surface area contributed by atoms with Crippen LogP contribution in [-0.2, 0) is 4.74 Å². The van der Waals surface area contributed by atoms with Gasteiger partial charge in [-0.25, -0.2) is 0 Å². The lowest BCUT2D eigenvalue weighted by molar-refractivity contribution is -0.158. The van der Waals surface area contributed by atoms with Crippen LogP contribution in [0.3, 0.4) is 0 Å². The maximum absolute atomic E-state index is 5.73. The molecule has 2 aliphatic heterocycles. The number of likely N-dealkylation sites (N-methyl/N-ethyl adjacent to an activating group) is 1. The molecule has 2 fully saturated rings. The Kier molecular flexibility index (Phi) is 3.53. The Bertz CT molecular complexity index is 114. The number of ether oxygens (including phenoxy) is 1. The van der Waals surface area contributed by atoms with Crippen molar-refractivity contribution in [1.82, 2.24) is 4.90 Å². The molecule has 1 spiro atoms. The normalized spacial score (nSPS) is 27.2. The van der Waals surface area contributed by atoms with Crippen molar-refractivity contribution in [1.29, 1.82) is 0 Å². The summed E-state index contributed by atoms with van der Waals surface area (Å²) in [7, 11) is 2.16. The van der Waals surface area contributed by atoms with Gasteiger partial charge in [0.25, 0.3) is 0 Å². The molecule has 2 saturated heterocycles. The molecule has 0 amide bonds. The fraction of sp³-hybridized carbons (Fsp3) is 1.00. The molecular weight excluding hydrogens is 150 g/mol. The van der Waals surface area contributed by atoms with Crippen LogP contribution in [0.15, 0.2) is 0 Å². The molecule has 72 valence electrons. The van der Waals surface area contributed by atoms with Gasteiger partial charge in [0.05, 0.1) is 5.60 Å². The molecule has 12 heavy (non-hydrogen) atoms. The molecule has 2 rings (SSSR count). The molecule has 0 aromatic rings. The summed E-state index contributed by atoms with van der Waals surface area (Å²) in [4.78, 5) is 2.32. The summed E-state index contributed by atoms with van der Waals surface area (Å²) >= 11 is 0. The molecule has 0 N–H and O–H groups in total. The van der Waals surface area contributed by atoms with Gasteiger partial charge in [-0.05, 0) is 26.3 Å². The van der Waals surface area contributed by atoms with Crippen molar-refractivity contribution < 1.29 is 4.74 Å². The monoisotopic (exact) mass is 171 g/mol. The van der Waals surface area contributed by atoms with Gasteiger partial charge in [0.2, 0.25) is 0 Å². The summed E-state index contributed by atoms with van der Waals surface area (Å²) in [6, 6.07) is 0. The van der Waals surface area contributed by atoms with Gasteiger partial charge >= 0.3 is 0 Å². The van der Waals surface area contributed by atoms with Gasteiger partial charge in [-0.1, -0.05) is 13.8 Å². The summed E-state index contributed by atoms with van der Waals surface area (Å²) in [5.41, 5.74) is 0.299. The van der Waals surface area contributed by atoms with E-state index in [4.69, 9.17) is 4.74 Å². The Morgan fingerprint density at radius 2 is 1.83 bits per heavy atom. The topological polar surface area (TPSA) is 12.5 Å². The first-order chi connectivity index (χ1) is 5.81. The Hall–Kier alpha value is -0.0800. The quantitative estimate of drug-likeness (QED) is 0.552. The van der Waals surface area contributed by atoms with E-state index in [2.05, 4.69) is 11.9 Å². The van der Waals surface area contributed by atoms with Gasteiger partial charge in [0.1, 0.15) is 0 Å². The van der Waals surface area contributed by atoms with Crippen LogP contribution in [0.4, 0.5) is 0 Å². The minimum atomic E-state index is 0.299. The van der Waals surface area contributed by atoms with Crippen LogP contribution >= 0.6 is 0 Å². The highest BCUT2D eigenvalue weighted by molar-refractivity contribution is 4.96. The van der Waals surface area contributed by atoms with Gasteiger partial charge in [0, 0.05) is 19.7 Å². The third kappa shape index (κ3) is 1.99. The van der Waals surface area contributed by atoms with Gasteiger partial charge in [-0.3, -0.25) is 0 Å². The maximum Gasteiger partial charge on any atom is 0.0934 e. The van der Waals surface area contributed by atoms with E-state index in [9.17, 15) is 0 Å². The molecule has 2 heteroatoms. The number of nitrogens with zero attached hydrogens (tertiary/aromatic N) is 1. The van der Waals surface area contributed by atoms with Crippen LogP contribution < -0.4 is 0 Å². The third-order valence-electron chi connectivity index (χ3n) is 2.55. The van der Waals surface area contributed by atoms with E-state index in [1.54, 1.807) is 0 Å². The van der Waals surface area contributed by atoms with Gasteiger partial charge in [-0.15, -0.1) is 0 Å². The Labute approximate surface area is 75.9 Å². The minimum absolute atomic E-state index is 0.299. The summed E-state index contributed by atoms with van der Waals surface area (Å²) in [6.45, 7) is 7.31. The molecule has 2 nitrogen and oxygen atoms in total. The fourth-order valence-corrected chi connectivity index (χ4v) is 2.10. The molecule has 0 aromatic heterocycles. The van der Waals surface area contributed by atoms with Crippen molar-refractivity contribution >= 4 is 0 Å². The van der Waals surface area contributed by atoms with Crippen molar-refractivity contribution in [3.8, 4) is 0 Å². The summed E-state index contributed by atoms with van der Waals surface area (Å²) < 4.78 is 5.73. The molecule has 0 unspecified atom stereocenters. The van der Waals surface area contributed by atoms with Crippen molar-refractivity contribution in [2.24, 2.45) is 0 Å². The van der Waals surface area contributed by atoms with E-state index in [0.29, 0.717) is 5.60 Å². The molecule has 0 radical (unpaired) electrons. The average Bonchev–Trinajstić information content (AvgIpc) is 2.08. The van der Waals surface area contributed by atoms with Crippen LogP contribution in [0.2, 0.25) is 0 Å². The highest BCUT2D eigenvalue weighted by Gasteiger charge is 2.42. The molecule has 0 saturated carbocycles. The maximum atomic E-state index is 5.73. The standard InChI is InChI=1S/C8H15NO.C2H6/c1-9-6-8(7-9)4-2-3-5-10-8;1-2/h2-7H2,1H3;1-2H3. The van der Waals surface area contributed by atoms with Crippen LogP contribution in [0, 0.1) is 0 Å². The molecule has 0 aliphatic carbocycles. The summed E-state index contributed by atoms with van der Waals surface area (Å²) in [6.07, 6.45) is 3.93. The predicted octanol–water partition coefficient (Wildman–Crippen LogP) is 1.90. The Morgan fingerprint density at radius 3 is 2.25 bits per heavy atom. The highest BCUT2D eigenvalue weighted by Crippen LogP contribution is 2.32. The van der Waals surface area contributed by atoms with E-state index in [0.717, 1.165) is 19.7 Å². The van der Waals surface area contributed by atoms with Gasteiger partial charge in [0.15, 0.2) is 0 Å². The smallest absolute Gasteiger partial charge is 0.0934 e. The zero-order chi connectivity index (χ0) is 9.03. The lowest BCUT2D eigenvalue weighted by atomic mass is 9.87. The molecule has 0 aromatic carbocycles. The van der Waals surface area contributed by atoms with Gasteiger partial charge < -0.3 is 9.64 Å². The fourth-order valence-electron chi connectivity index (χ4n) is 2.10. The van der Waals surface area contributed by atoms with Gasteiger partial charge in [-0.2, -0.15) is 0 Å². The number of likely N-dealkylation sites (tertiary alicyclic amines) is 1. The second kappa shape index (κ2) is 4.24. The van der Waals surface area contributed by atoms with Crippen molar-refractivity contribution in [3.05, 3.63) is 0 Å². The number of rotatable bonds is 0. The second-order valence-electron chi connectivity index (χ2n) is 3.66. The molecule has 2 aliphatic rings. The largest absolute Gasteiger partial charge is 0.372 e. The van der Waals surface area contributed by atoms with E-state index >= 15 is 0 Å². The third-order valence-corrected chi connectivity index (χ3v) is 2.55. The molecule has 2 heterocycles. The Morgan fingerprint density at radius 1 is 1.17 bits per heavy atom. The SMILES string of the molecule is CC.CN1CC2(CCCCO2)C1. The predicted molar refractivity (Wildman–Crippen MR) is 51.4 cm³/mol. The molecule has 0 bridgehead atoms. The molecule has 0 atom stereocenters. The Balaban J connectivity index is 0.000000336. The van der Waals surface area contributed by atoms with Crippen molar-refractivity contribution in [3.63, 3.8) is 0 Å². The van der Waals surface area contributed by atoms with Crippen LogP contribution in [0.1, 0.15) is 33.1 Å². The van der Waals surface area contributed by atoms with E-state index in [1.165, 1.54) is 19.3 Å². The average molecular weight is 171 g/mol. The highest BCUT2D eigenvalue weighted by atomic mass is 16.5. The number of hydrogen-bond donors (Lipinski definition) is 0. The first-order valence-electron chi connectivity index (χ1n) is 5.13. The van der Waals surface area contributed by atoms with Crippen LogP contribution in [-0.4, -0.2) is 37.2 Å². The van der Waals surface area contributed by atoms with Crippen molar-refractivity contribution in [2.45, 2.75) is 38.7 Å².